The second kappa shape index (κ2) is 13.0. The quantitative estimate of drug-likeness (QED) is 0.163. The van der Waals surface area contributed by atoms with Crippen molar-refractivity contribution in [3.63, 3.8) is 0 Å². The highest BCUT2D eigenvalue weighted by molar-refractivity contribution is 7.87. The number of carbonyl (C=O) groups excluding carboxylic acids is 1. The van der Waals surface area contributed by atoms with Crippen LogP contribution in [0.1, 0.15) is 24.8 Å². The zero-order valence-corrected chi connectivity index (χ0v) is 26.6. The van der Waals surface area contributed by atoms with Crippen LogP contribution in [-0.2, 0) is 31.5 Å². The van der Waals surface area contributed by atoms with Crippen molar-refractivity contribution in [1.82, 2.24) is 0 Å². The van der Waals surface area contributed by atoms with Crippen LogP contribution in [0, 0.1) is 0 Å². The van der Waals surface area contributed by atoms with Crippen molar-refractivity contribution >= 4 is 59.4 Å². The molecule has 1 unspecified atom stereocenters. The van der Waals surface area contributed by atoms with E-state index < -0.39 is 26.0 Å². The first-order valence-corrected chi connectivity index (χ1v) is 18.1. The third-order valence-corrected chi connectivity index (χ3v) is 9.31. The van der Waals surface area contributed by atoms with Crippen molar-refractivity contribution in [1.29, 1.82) is 0 Å². The predicted molar refractivity (Wildman–Crippen MR) is 173 cm³/mol. The average Bonchev–Trinajstić information content (AvgIpc) is 3.48. The second-order valence-electron chi connectivity index (χ2n) is 10.2. The summed E-state index contributed by atoms with van der Waals surface area (Å²) >= 11 is 1.47. The molecule has 230 valence electrons. The molecule has 10 nitrogen and oxygen atoms in total. The molecular formula is C31H32N3O7S3+. The number of carbonyl (C=O) groups is 1. The minimum atomic E-state index is -4.14. The first kappa shape index (κ1) is 31.5. The summed E-state index contributed by atoms with van der Waals surface area (Å²) in [6.07, 6.45) is 5.58. The normalized spacial score (nSPS) is 15.7. The molecule has 44 heavy (non-hydrogen) atoms. The van der Waals surface area contributed by atoms with Gasteiger partial charge in [-0.3, -0.25) is 9.35 Å². The smallest absolute Gasteiger partial charge is 0.321 e. The first-order valence-electron chi connectivity index (χ1n) is 13.8. The maximum Gasteiger partial charge on any atom is 0.321 e. The number of aromatic nitrogens is 1. The molecule has 13 heteroatoms. The van der Waals surface area contributed by atoms with Gasteiger partial charge in [0.1, 0.15) is 4.70 Å². The SMILES string of the molecule is CCC(/C=C1\Oc2ccc(-c3ccccc3)cc2N1CCCS(=O)(=O)O)=C\c1sc2ccccc2[n+]1CC(=O)N=S(C)(=O)O. The molecule has 0 saturated carbocycles. The van der Waals surface area contributed by atoms with Crippen LogP contribution in [0.15, 0.2) is 94.7 Å². The lowest BCUT2D eigenvalue weighted by Gasteiger charge is -2.19. The van der Waals surface area contributed by atoms with E-state index in [0.717, 1.165) is 43.9 Å². The molecule has 2 heterocycles. The van der Waals surface area contributed by atoms with E-state index in [1.807, 2.05) is 96.8 Å². The Morgan fingerprint density at radius 1 is 1.02 bits per heavy atom. The number of fused-ring (bicyclic) bond motifs is 2. The number of rotatable bonds is 10. The summed E-state index contributed by atoms with van der Waals surface area (Å²) in [6.45, 7) is 2.06. The number of benzene rings is 3. The Labute approximate surface area is 260 Å². The van der Waals surface area contributed by atoms with Crippen LogP contribution >= 0.6 is 11.3 Å². The molecule has 1 aromatic heterocycles. The summed E-state index contributed by atoms with van der Waals surface area (Å²) in [6, 6.07) is 23.3. The molecule has 1 aliphatic rings. The molecule has 2 N–H and O–H groups in total. The summed E-state index contributed by atoms with van der Waals surface area (Å²) in [5.41, 5.74) is 4.43. The number of anilines is 1. The summed E-state index contributed by atoms with van der Waals surface area (Å²) in [5, 5.41) is 0.740. The van der Waals surface area contributed by atoms with E-state index in [2.05, 4.69) is 4.36 Å². The fourth-order valence-corrected chi connectivity index (χ4v) is 6.96. The van der Waals surface area contributed by atoms with Gasteiger partial charge in [-0.2, -0.15) is 13.0 Å². The molecular weight excluding hydrogens is 623 g/mol. The molecule has 0 aliphatic carbocycles. The Morgan fingerprint density at radius 3 is 2.45 bits per heavy atom. The van der Waals surface area contributed by atoms with Crippen molar-refractivity contribution < 1.29 is 35.8 Å². The summed E-state index contributed by atoms with van der Waals surface area (Å²) < 4.78 is 66.0. The van der Waals surface area contributed by atoms with Gasteiger partial charge in [0.25, 0.3) is 15.1 Å². The fourth-order valence-electron chi connectivity index (χ4n) is 4.89. The van der Waals surface area contributed by atoms with E-state index in [-0.39, 0.29) is 25.3 Å². The van der Waals surface area contributed by atoms with E-state index in [1.54, 1.807) is 4.57 Å². The van der Waals surface area contributed by atoms with Gasteiger partial charge in [-0.15, -0.1) is 4.36 Å². The van der Waals surface area contributed by atoms with Gasteiger partial charge >= 0.3 is 5.91 Å². The monoisotopic (exact) mass is 654 g/mol. The van der Waals surface area contributed by atoms with Gasteiger partial charge in [0.05, 0.1) is 11.4 Å². The van der Waals surface area contributed by atoms with Crippen molar-refractivity contribution in [2.24, 2.45) is 4.36 Å². The molecule has 1 atom stereocenters. The Kier molecular flexibility index (Phi) is 9.32. The summed E-state index contributed by atoms with van der Waals surface area (Å²) in [7, 11) is -7.73. The highest BCUT2D eigenvalue weighted by Crippen LogP contribution is 2.42. The zero-order chi connectivity index (χ0) is 31.5. The van der Waals surface area contributed by atoms with E-state index in [4.69, 9.17) is 4.74 Å². The standard InChI is InChI=1S/C31H31N3O7S3/c1-3-22(19-31-34(21-29(35)32-43(2,36)37)25-12-7-8-13-28(25)42-31)18-30-33(16-9-17-44(38,39)40)26-20-24(14-15-27(26)41-30)23-10-5-4-6-11-23/h4-8,10-15,18-20H,3,9,16-17,21H2,1-2H3,(H-,32,35,36,37,38,39,40)/p+1. The zero-order valence-electron chi connectivity index (χ0n) is 24.1. The van der Waals surface area contributed by atoms with Gasteiger partial charge in [0.2, 0.25) is 17.9 Å². The van der Waals surface area contributed by atoms with Crippen LogP contribution in [-0.4, -0.2) is 46.2 Å². The minimum absolute atomic E-state index is 0.174. The van der Waals surface area contributed by atoms with Crippen molar-refractivity contribution in [2.45, 2.75) is 26.3 Å². The Bertz CT molecular complexity index is 2000. The van der Waals surface area contributed by atoms with Crippen LogP contribution < -0.4 is 14.2 Å². The molecule has 1 amide bonds. The lowest BCUT2D eigenvalue weighted by molar-refractivity contribution is -0.655. The number of hydrogen-bond donors (Lipinski definition) is 2. The van der Waals surface area contributed by atoms with E-state index in [0.29, 0.717) is 18.1 Å². The number of allylic oxidation sites excluding steroid dienone is 2. The van der Waals surface area contributed by atoms with Gasteiger partial charge in [-0.25, -0.2) is 4.21 Å². The van der Waals surface area contributed by atoms with E-state index in [1.165, 1.54) is 11.3 Å². The molecule has 0 bridgehead atoms. The Morgan fingerprint density at radius 2 is 1.75 bits per heavy atom. The third kappa shape index (κ3) is 7.79. The van der Waals surface area contributed by atoms with Gasteiger partial charge in [-0.05, 0) is 47.7 Å². The van der Waals surface area contributed by atoms with Crippen LogP contribution in [0.4, 0.5) is 5.69 Å². The molecule has 3 aromatic carbocycles. The second-order valence-corrected chi connectivity index (χ2v) is 14.6. The highest BCUT2D eigenvalue weighted by atomic mass is 32.2. The van der Waals surface area contributed by atoms with Crippen molar-refractivity contribution in [2.75, 3.05) is 23.5 Å². The molecule has 0 fully saturated rings. The number of ether oxygens (including phenoxy) is 1. The molecule has 5 rings (SSSR count). The van der Waals surface area contributed by atoms with Crippen molar-refractivity contribution in [3.05, 3.63) is 95.3 Å². The maximum atomic E-state index is 12.6. The lowest BCUT2D eigenvalue weighted by atomic mass is 10.0. The molecule has 0 spiro atoms. The summed E-state index contributed by atoms with van der Waals surface area (Å²) in [5.74, 6) is 0.0149. The van der Waals surface area contributed by atoms with Crippen LogP contribution in [0.5, 0.6) is 5.75 Å². The molecule has 0 saturated heterocycles. The Balaban J connectivity index is 1.54. The number of para-hydroxylation sites is 1. The Hall–Kier alpha value is -3.88. The number of hydrogen-bond acceptors (Lipinski definition) is 7. The predicted octanol–water partition coefficient (Wildman–Crippen LogP) is 5.76. The maximum absolute atomic E-state index is 12.6. The fraction of sp³-hybridized carbons (Fsp3) is 0.226. The van der Waals surface area contributed by atoms with Crippen molar-refractivity contribution in [3.8, 4) is 16.9 Å². The van der Waals surface area contributed by atoms with E-state index >= 15 is 0 Å². The first-order chi connectivity index (χ1) is 20.9. The molecule has 0 radical (unpaired) electrons. The topological polar surface area (TPSA) is 137 Å². The molecule has 1 aliphatic heterocycles. The molecule has 4 aromatic rings. The lowest BCUT2D eigenvalue weighted by Crippen LogP contribution is -2.39. The van der Waals surface area contributed by atoms with Crippen LogP contribution in [0.2, 0.25) is 0 Å². The van der Waals surface area contributed by atoms with Gasteiger partial charge < -0.3 is 14.2 Å². The average molecular weight is 655 g/mol. The summed E-state index contributed by atoms with van der Waals surface area (Å²) in [4.78, 5) is 14.5. The third-order valence-electron chi connectivity index (χ3n) is 6.85. The number of nitrogens with zero attached hydrogens (tertiary/aromatic N) is 3. The number of amides is 1. The van der Waals surface area contributed by atoms with Crippen LogP contribution in [0.3, 0.4) is 0 Å². The largest absolute Gasteiger partial charge is 0.439 e. The number of thiazole rings is 1. The van der Waals surface area contributed by atoms with Crippen LogP contribution in [0.25, 0.3) is 27.4 Å². The van der Waals surface area contributed by atoms with Gasteiger partial charge in [0.15, 0.2) is 15.8 Å². The highest BCUT2D eigenvalue weighted by Gasteiger charge is 2.28. The van der Waals surface area contributed by atoms with E-state index in [9.17, 15) is 26.5 Å². The van der Waals surface area contributed by atoms with Gasteiger partial charge in [0, 0.05) is 31.0 Å². The van der Waals surface area contributed by atoms with Gasteiger partial charge in [-0.1, -0.05) is 66.8 Å². The minimum Gasteiger partial charge on any atom is -0.439 e.